The molecule has 5 nitrogen and oxygen atoms in total. The molecule has 1 heterocycles. The van der Waals surface area contributed by atoms with Gasteiger partial charge in [-0.1, -0.05) is 29.8 Å². The topological polar surface area (TPSA) is 68.9 Å². The van der Waals surface area contributed by atoms with E-state index in [1.807, 2.05) is 0 Å². The number of rotatable bonds is 3. The molecule has 0 atom stereocenters. The van der Waals surface area contributed by atoms with Crippen molar-refractivity contribution in [2.45, 2.75) is 19.5 Å². The van der Waals surface area contributed by atoms with E-state index in [-0.39, 0.29) is 23.3 Å². The molecule has 8 heteroatoms. The molecule has 3 aromatic rings. The summed E-state index contributed by atoms with van der Waals surface area (Å²) >= 11 is 0. The normalized spacial score (nSPS) is 11.7. The lowest BCUT2D eigenvalue weighted by molar-refractivity contribution is -0.385. The molecule has 0 fully saturated rings. The minimum absolute atomic E-state index is 0.0931. The second-order valence-electron chi connectivity index (χ2n) is 5.57. The number of hydrogen-bond acceptors (Lipinski definition) is 4. The highest BCUT2D eigenvalue weighted by molar-refractivity contribution is 5.81. The number of hydrogen-bond donors (Lipinski definition) is 0. The van der Waals surface area contributed by atoms with Gasteiger partial charge >= 0.3 is 6.18 Å². The monoisotopic (exact) mass is 347 g/mol. The van der Waals surface area contributed by atoms with Crippen LogP contribution in [0.3, 0.4) is 0 Å². The zero-order chi connectivity index (χ0) is 18.2. The van der Waals surface area contributed by atoms with E-state index in [0.717, 1.165) is 5.56 Å². The molecule has 1 aromatic heterocycles. The molecule has 0 aliphatic rings. The molecule has 0 unspecified atom stereocenters. The smallest absolute Gasteiger partial charge is 0.258 e. The number of aryl methyl sites for hydroxylation is 1. The summed E-state index contributed by atoms with van der Waals surface area (Å²) in [5.41, 5.74) is 1.18. The van der Waals surface area contributed by atoms with Crippen molar-refractivity contribution in [3.8, 4) is 0 Å². The Bertz CT molecular complexity index is 971. The quantitative estimate of drug-likeness (QED) is 0.518. The van der Waals surface area contributed by atoms with Gasteiger partial charge in [0.05, 0.1) is 16.1 Å². The molecule has 25 heavy (non-hydrogen) atoms. The lowest BCUT2D eigenvalue weighted by atomic mass is 10.0. The van der Waals surface area contributed by atoms with Crippen LogP contribution in [-0.4, -0.2) is 14.9 Å². The van der Waals surface area contributed by atoms with Crippen molar-refractivity contribution in [3.05, 3.63) is 75.2 Å². The van der Waals surface area contributed by atoms with Gasteiger partial charge in [-0.25, -0.2) is 9.97 Å². The first-order chi connectivity index (χ1) is 11.8. The Morgan fingerprint density at radius 2 is 1.84 bits per heavy atom. The van der Waals surface area contributed by atoms with E-state index in [4.69, 9.17) is 0 Å². The fourth-order valence-corrected chi connectivity index (χ4v) is 2.62. The lowest BCUT2D eigenvalue weighted by Crippen LogP contribution is -2.13. The van der Waals surface area contributed by atoms with Gasteiger partial charge < -0.3 is 0 Å². The standard InChI is InChI=1S/C17H12F3N3O2/c1-10-6-7-15(23(24)25)11(8-10)9-14-12-4-2-3-5-13(12)21-16(22-14)17(18,19)20/h2-8H,9H2,1H3. The largest absolute Gasteiger partial charge is 0.451 e. The summed E-state index contributed by atoms with van der Waals surface area (Å²) in [6.07, 6.45) is -4.79. The van der Waals surface area contributed by atoms with Crippen LogP contribution in [0.5, 0.6) is 0 Å². The molecule has 0 spiro atoms. The van der Waals surface area contributed by atoms with Crippen LogP contribution in [0.15, 0.2) is 42.5 Å². The molecule has 0 aliphatic heterocycles. The number of alkyl halides is 3. The second kappa shape index (κ2) is 6.12. The van der Waals surface area contributed by atoms with E-state index in [1.165, 1.54) is 12.1 Å². The maximum Gasteiger partial charge on any atom is 0.451 e. The van der Waals surface area contributed by atoms with E-state index in [9.17, 15) is 23.3 Å². The van der Waals surface area contributed by atoms with Gasteiger partial charge in [0.2, 0.25) is 5.82 Å². The summed E-state index contributed by atoms with van der Waals surface area (Å²) in [5, 5.41) is 11.6. The van der Waals surface area contributed by atoms with Crippen LogP contribution in [0.2, 0.25) is 0 Å². The molecule has 0 amide bonds. The van der Waals surface area contributed by atoms with Crippen molar-refractivity contribution in [3.63, 3.8) is 0 Å². The molecule has 0 saturated heterocycles. The summed E-state index contributed by atoms with van der Waals surface area (Å²) in [4.78, 5) is 17.8. The van der Waals surface area contributed by atoms with Crippen LogP contribution < -0.4 is 0 Å². The molecular formula is C17H12F3N3O2. The Balaban J connectivity index is 2.19. The Labute approximate surface area is 140 Å². The van der Waals surface area contributed by atoms with Gasteiger partial charge in [-0.2, -0.15) is 13.2 Å². The minimum Gasteiger partial charge on any atom is -0.258 e. The number of nitro benzene ring substituents is 1. The van der Waals surface area contributed by atoms with Gasteiger partial charge in [0, 0.05) is 23.4 Å². The average molecular weight is 347 g/mol. The zero-order valence-corrected chi connectivity index (χ0v) is 13.0. The SMILES string of the molecule is Cc1ccc([N+](=O)[O-])c(Cc2nc(C(F)(F)F)nc3ccccc23)c1. The molecular weight excluding hydrogens is 335 g/mol. The van der Waals surface area contributed by atoms with Crippen molar-refractivity contribution in [1.29, 1.82) is 0 Å². The Morgan fingerprint density at radius 3 is 2.52 bits per heavy atom. The predicted octanol–water partition coefficient (Wildman–Crippen LogP) is 4.46. The number of aromatic nitrogens is 2. The highest BCUT2D eigenvalue weighted by atomic mass is 19.4. The third-order valence-electron chi connectivity index (χ3n) is 3.73. The van der Waals surface area contributed by atoms with Crippen LogP contribution in [0.1, 0.15) is 22.6 Å². The summed E-state index contributed by atoms with van der Waals surface area (Å²) in [6, 6.07) is 10.8. The lowest BCUT2D eigenvalue weighted by Gasteiger charge is -2.11. The molecule has 3 rings (SSSR count). The van der Waals surface area contributed by atoms with Crippen LogP contribution >= 0.6 is 0 Å². The highest BCUT2D eigenvalue weighted by Gasteiger charge is 2.35. The third kappa shape index (κ3) is 3.42. The molecule has 0 radical (unpaired) electrons. The summed E-state index contributed by atoms with van der Waals surface area (Å²) in [5.74, 6) is -1.25. The average Bonchev–Trinajstić information content (AvgIpc) is 2.53. The van der Waals surface area contributed by atoms with Crippen LogP contribution in [0.25, 0.3) is 10.9 Å². The van der Waals surface area contributed by atoms with Crippen molar-refractivity contribution in [2.75, 3.05) is 0 Å². The van der Waals surface area contributed by atoms with E-state index in [0.29, 0.717) is 10.9 Å². The van der Waals surface area contributed by atoms with Gasteiger partial charge in [0.1, 0.15) is 0 Å². The van der Waals surface area contributed by atoms with Crippen molar-refractivity contribution < 1.29 is 18.1 Å². The number of nitrogens with zero attached hydrogens (tertiary/aromatic N) is 3. The highest BCUT2D eigenvalue weighted by Crippen LogP contribution is 2.30. The van der Waals surface area contributed by atoms with E-state index >= 15 is 0 Å². The Hall–Kier alpha value is -3.03. The first-order valence-corrected chi connectivity index (χ1v) is 7.32. The van der Waals surface area contributed by atoms with Gasteiger partial charge in [-0.3, -0.25) is 10.1 Å². The van der Waals surface area contributed by atoms with Crippen LogP contribution in [-0.2, 0) is 12.6 Å². The third-order valence-corrected chi connectivity index (χ3v) is 3.73. The van der Waals surface area contributed by atoms with Crippen molar-refractivity contribution >= 4 is 16.6 Å². The maximum atomic E-state index is 13.1. The number of fused-ring (bicyclic) bond motifs is 1. The number of halogens is 3. The summed E-state index contributed by atoms with van der Waals surface area (Å²) in [6.45, 7) is 1.76. The van der Waals surface area contributed by atoms with E-state index in [1.54, 1.807) is 37.3 Å². The Kier molecular flexibility index (Phi) is 4.12. The van der Waals surface area contributed by atoms with Gasteiger partial charge in [0.15, 0.2) is 0 Å². The van der Waals surface area contributed by atoms with E-state index < -0.39 is 16.9 Å². The predicted molar refractivity (Wildman–Crippen MR) is 85.2 cm³/mol. The minimum atomic E-state index is -4.70. The summed E-state index contributed by atoms with van der Waals surface area (Å²) < 4.78 is 39.2. The molecule has 128 valence electrons. The molecule has 0 bridgehead atoms. The fourth-order valence-electron chi connectivity index (χ4n) is 2.62. The maximum absolute atomic E-state index is 13.1. The first kappa shape index (κ1) is 16.8. The number of nitro groups is 1. The second-order valence-corrected chi connectivity index (χ2v) is 5.57. The molecule has 0 saturated carbocycles. The number of benzene rings is 2. The van der Waals surface area contributed by atoms with Crippen LogP contribution in [0.4, 0.5) is 18.9 Å². The van der Waals surface area contributed by atoms with Crippen molar-refractivity contribution in [2.24, 2.45) is 0 Å². The fraction of sp³-hybridized carbons (Fsp3) is 0.176. The molecule has 0 N–H and O–H groups in total. The summed E-state index contributed by atoms with van der Waals surface area (Å²) in [7, 11) is 0. The van der Waals surface area contributed by atoms with Gasteiger partial charge in [-0.05, 0) is 19.1 Å². The van der Waals surface area contributed by atoms with E-state index in [2.05, 4.69) is 9.97 Å². The van der Waals surface area contributed by atoms with Gasteiger partial charge in [0.25, 0.3) is 5.69 Å². The number of para-hydroxylation sites is 1. The van der Waals surface area contributed by atoms with Crippen LogP contribution in [0, 0.1) is 17.0 Å². The van der Waals surface area contributed by atoms with Crippen molar-refractivity contribution in [1.82, 2.24) is 9.97 Å². The van der Waals surface area contributed by atoms with Gasteiger partial charge in [-0.15, -0.1) is 0 Å². The zero-order valence-electron chi connectivity index (χ0n) is 13.0. The molecule has 0 aliphatic carbocycles. The molecule has 2 aromatic carbocycles. The Morgan fingerprint density at radius 1 is 1.12 bits per heavy atom. The first-order valence-electron chi connectivity index (χ1n) is 7.32.